The Morgan fingerprint density at radius 1 is 0.683 bits per heavy atom. The van der Waals surface area contributed by atoms with Crippen molar-refractivity contribution in [1.82, 2.24) is 31.6 Å². The fraction of sp³-hybridized carbons (Fsp3) is 0.535. The minimum Gasteiger partial charge on any atom is -0.481 e. The highest BCUT2D eigenvalue weighted by Gasteiger charge is 2.33. The van der Waals surface area contributed by atoms with E-state index in [2.05, 4.69) is 26.6 Å². The summed E-state index contributed by atoms with van der Waals surface area (Å²) in [6.45, 7) is 0.557. The molecule has 0 bridgehead atoms. The SMILES string of the molecule is O=C(O)CC[C@H](NC(=O)N[C@@H](CCCCNC(=O)C(Cc1ccc2ccccc2c1)NC(=O)C1CCC(CNC(=O)CCCCC(=O)ON2C(=O)CCC2=O)CC1)C(=O)O)C(=O)O. The Morgan fingerprint density at radius 2 is 1.32 bits per heavy atom. The van der Waals surface area contributed by atoms with Gasteiger partial charge in [0.1, 0.15) is 18.1 Å². The predicted octanol–water partition coefficient (Wildman–Crippen LogP) is 2.31. The van der Waals surface area contributed by atoms with Crippen LogP contribution >= 0.6 is 0 Å². The summed E-state index contributed by atoms with van der Waals surface area (Å²) in [5.41, 5.74) is 0.824. The number of hydrogen-bond acceptors (Lipinski definition) is 11. The van der Waals surface area contributed by atoms with Crippen LogP contribution in [0.4, 0.5) is 4.79 Å². The van der Waals surface area contributed by atoms with Crippen molar-refractivity contribution >= 4 is 70.2 Å². The van der Waals surface area contributed by atoms with E-state index in [1.165, 1.54) is 0 Å². The standard InChI is InChI=1S/C43H56N6O14/c50-34(10-3-4-11-38(55)63-49-35(51)19-20-36(49)52)45-25-26-12-16-29(17-13-26)39(56)46-33(24-27-14-15-28-7-1-2-8-30(28)23-27)40(57)44-22-6-5-9-31(41(58)59)47-43(62)48-32(42(60)61)18-21-37(53)54/h1-2,7-8,14-15,23,26,29,31-33H,3-6,9-13,16-22,24-25H2,(H,44,57)(H,45,50)(H,46,56)(H,53,54)(H,58,59)(H,60,61)(H2,47,48,62)/t26?,29?,31-,32-,33?/m0/s1. The van der Waals surface area contributed by atoms with Gasteiger partial charge in [-0.25, -0.2) is 19.2 Å². The van der Waals surface area contributed by atoms with Crippen molar-refractivity contribution < 1.29 is 68.1 Å². The van der Waals surface area contributed by atoms with Gasteiger partial charge in [-0.05, 0) is 86.5 Å². The van der Waals surface area contributed by atoms with E-state index in [9.17, 15) is 58.2 Å². The van der Waals surface area contributed by atoms with Crippen LogP contribution in [0.3, 0.4) is 0 Å². The van der Waals surface area contributed by atoms with Crippen molar-refractivity contribution in [2.75, 3.05) is 13.1 Å². The smallest absolute Gasteiger partial charge is 0.333 e. The molecule has 3 atom stereocenters. The summed E-state index contributed by atoms with van der Waals surface area (Å²) in [5, 5.41) is 43.2. The molecule has 1 aliphatic carbocycles. The van der Waals surface area contributed by atoms with E-state index in [1.807, 2.05) is 42.5 Å². The molecule has 1 saturated carbocycles. The number of nitrogens with zero attached hydrogens (tertiary/aromatic N) is 1. The Morgan fingerprint density at radius 3 is 1.97 bits per heavy atom. The van der Waals surface area contributed by atoms with Crippen LogP contribution in [0.5, 0.6) is 0 Å². The second-order valence-corrected chi connectivity index (χ2v) is 15.8. The van der Waals surface area contributed by atoms with E-state index in [0.717, 1.165) is 16.3 Å². The molecule has 2 aliphatic rings. The van der Waals surface area contributed by atoms with Crippen molar-refractivity contribution in [3.05, 3.63) is 48.0 Å². The Balaban J connectivity index is 1.21. The van der Waals surface area contributed by atoms with Crippen molar-refractivity contribution in [2.45, 2.75) is 121 Å². The topological polar surface area (TPSA) is 304 Å². The molecule has 0 aromatic heterocycles. The van der Waals surface area contributed by atoms with Gasteiger partial charge in [-0.15, -0.1) is 5.06 Å². The van der Waals surface area contributed by atoms with Crippen LogP contribution in [0, 0.1) is 11.8 Å². The number of fused-ring (bicyclic) bond motifs is 1. The summed E-state index contributed by atoms with van der Waals surface area (Å²) < 4.78 is 0. The zero-order valence-electron chi connectivity index (χ0n) is 34.9. The summed E-state index contributed by atoms with van der Waals surface area (Å²) in [6, 6.07) is 8.59. The lowest BCUT2D eigenvalue weighted by atomic mass is 9.81. The summed E-state index contributed by atoms with van der Waals surface area (Å²) in [7, 11) is 0. The molecule has 1 unspecified atom stereocenters. The number of unbranched alkanes of at least 4 members (excludes halogenated alkanes) is 2. The fourth-order valence-corrected chi connectivity index (χ4v) is 7.38. The molecule has 1 heterocycles. The number of hydroxylamine groups is 2. The molecule has 63 heavy (non-hydrogen) atoms. The van der Waals surface area contributed by atoms with Crippen molar-refractivity contribution in [2.24, 2.45) is 11.8 Å². The molecule has 8 N–H and O–H groups in total. The second kappa shape index (κ2) is 24.7. The lowest BCUT2D eigenvalue weighted by Crippen LogP contribution is -2.51. The normalized spacial score (nSPS) is 17.5. The van der Waals surface area contributed by atoms with E-state index in [-0.39, 0.29) is 75.1 Å². The number of benzene rings is 2. The third-order valence-electron chi connectivity index (χ3n) is 11.0. The molecule has 20 nitrogen and oxygen atoms in total. The minimum absolute atomic E-state index is 0.00806. The third kappa shape index (κ3) is 16.7. The molecule has 1 aliphatic heterocycles. The molecular formula is C43H56N6O14. The van der Waals surface area contributed by atoms with Crippen LogP contribution in [-0.2, 0) is 54.4 Å². The average molecular weight is 881 g/mol. The lowest BCUT2D eigenvalue weighted by molar-refractivity contribution is -0.197. The van der Waals surface area contributed by atoms with Crippen LogP contribution < -0.4 is 26.6 Å². The van der Waals surface area contributed by atoms with Gasteiger partial charge in [-0.2, -0.15) is 0 Å². The number of imide groups is 1. The van der Waals surface area contributed by atoms with Crippen molar-refractivity contribution in [1.29, 1.82) is 0 Å². The van der Waals surface area contributed by atoms with Gasteiger partial charge in [0.15, 0.2) is 0 Å². The molecule has 20 heteroatoms. The van der Waals surface area contributed by atoms with Gasteiger partial charge in [0.2, 0.25) is 17.7 Å². The molecule has 1 saturated heterocycles. The molecule has 0 spiro atoms. The molecular weight excluding hydrogens is 825 g/mol. The zero-order chi connectivity index (χ0) is 45.9. The number of carbonyl (C=O) groups is 10. The highest BCUT2D eigenvalue weighted by Crippen LogP contribution is 2.29. The summed E-state index contributed by atoms with van der Waals surface area (Å²) in [5.74, 6) is -7.01. The van der Waals surface area contributed by atoms with Crippen LogP contribution in [0.15, 0.2) is 42.5 Å². The lowest BCUT2D eigenvalue weighted by Gasteiger charge is -2.29. The number of carbonyl (C=O) groups excluding carboxylic acids is 7. The van der Waals surface area contributed by atoms with Crippen molar-refractivity contribution in [3.8, 4) is 0 Å². The van der Waals surface area contributed by atoms with Crippen molar-refractivity contribution in [3.63, 3.8) is 0 Å². The molecule has 0 radical (unpaired) electrons. The van der Waals surface area contributed by atoms with Gasteiger partial charge >= 0.3 is 29.9 Å². The van der Waals surface area contributed by atoms with Gasteiger partial charge < -0.3 is 46.7 Å². The highest BCUT2D eigenvalue weighted by atomic mass is 16.7. The Labute approximate surface area is 363 Å². The van der Waals surface area contributed by atoms with E-state index in [0.29, 0.717) is 56.6 Å². The summed E-state index contributed by atoms with van der Waals surface area (Å²) in [4.78, 5) is 126. The predicted molar refractivity (Wildman–Crippen MR) is 222 cm³/mol. The summed E-state index contributed by atoms with van der Waals surface area (Å²) in [6.07, 6.45) is 3.15. The van der Waals surface area contributed by atoms with Gasteiger partial charge in [-0.3, -0.25) is 28.8 Å². The van der Waals surface area contributed by atoms with Gasteiger partial charge in [0.25, 0.3) is 11.8 Å². The number of amides is 7. The van der Waals surface area contributed by atoms with Gasteiger partial charge in [0.05, 0.1) is 0 Å². The number of carboxylic acid groups (broad SMARTS) is 3. The highest BCUT2D eigenvalue weighted by molar-refractivity contribution is 6.01. The molecule has 7 amide bonds. The monoisotopic (exact) mass is 880 g/mol. The first-order valence-electron chi connectivity index (χ1n) is 21.2. The number of carboxylic acids is 3. The average Bonchev–Trinajstić information content (AvgIpc) is 3.56. The zero-order valence-corrected chi connectivity index (χ0v) is 34.9. The quantitative estimate of drug-likeness (QED) is 0.0525. The number of aliphatic carboxylic acids is 3. The van der Waals surface area contributed by atoms with E-state index in [4.69, 9.17) is 9.94 Å². The Bertz CT molecular complexity index is 1980. The van der Waals surface area contributed by atoms with Crippen LogP contribution in [0.25, 0.3) is 10.8 Å². The van der Waals surface area contributed by atoms with Crippen LogP contribution in [0.2, 0.25) is 0 Å². The maximum atomic E-state index is 13.6. The van der Waals surface area contributed by atoms with Crippen LogP contribution in [0.1, 0.15) is 102 Å². The first kappa shape index (κ1) is 49.1. The Hall–Kier alpha value is -6.60. The van der Waals surface area contributed by atoms with E-state index in [1.54, 1.807) is 0 Å². The maximum Gasteiger partial charge on any atom is 0.333 e. The van der Waals surface area contributed by atoms with E-state index >= 15 is 0 Å². The number of nitrogens with one attached hydrogen (secondary N) is 5. The second-order valence-electron chi connectivity index (χ2n) is 15.8. The molecule has 4 rings (SSSR count). The number of urea groups is 1. The molecule has 2 aromatic rings. The van der Waals surface area contributed by atoms with Gasteiger partial charge in [0, 0.05) is 57.5 Å². The molecule has 2 aromatic carbocycles. The maximum absolute atomic E-state index is 13.6. The first-order valence-corrected chi connectivity index (χ1v) is 21.2. The number of rotatable bonds is 25. The Kier molecular flexibility index (Phi) is 19.3. The summed E-state index contributed by atoms with van der Waals surface area (Å²) >= 11 is 0. The molecule has 342 valence electrons. The van der Waals surface area contributed by atoms with Crippen LogP contribution in [-0.4, -0.2) is 111 Å². The van der Waals surface area contributed by atoms with E-state index < -0.39 is 78.6 Å². The third-order valence-corrected chi connectivity index (χ3v) is 11.0. The minimum atomic E-state index is -1.54. The molecule has 2 fully saturated rings. The fourth-order valence-electron chi connectivity index (χ4n) is 7.38. The van der Waals surface area contributed by atoms with Gasteiger partial charge in [-0.1, -0.05) is 42.5 Å². The first-order chi connectivity index (χ1) is 30.1. The number of hydrogen-bond donors (Lipinski definition) is 8. The largest absolute Gasteiger partial charge is 0.481 e.